The Bertz CT molecular complexity index is 1100. The second-order valence-electron chi connectivity index (χ2n) is 7.55. The van der Waals surface area contributed by atoms with Crippen molar-refractivity contribution >= 4 is 17.5 Å². The minimum absolute atomic E-state index is 0.158. The lowest BCUT2D eigenvalue weighted by atomic mass is 9.92. The highest BCUT2D eigenvalue weighted by Gasteiger charge is 2.29. The Morgan fingerprint density at radius 3 is 2.47 bits per heavy atom. The Hall–Kier alpha value is -3.47. The number of halogens is 1. The van der Waals surface area contributed by atoms with Crippen LogP contribution in [0.5, 0.6) is 0 Å². The molecule has 1 atom stereocenters. The molecule has 0 bridgehead atoms. The Morgan fingerprint density at radius 1 is 0.967 bits per heavy atom. The highest BCUT2D eigenvalue weighted by Crippen LogP contribution is 2.31. The lowest BCUT2D eigenvalue weighted by Crippen LogP contribution is -2.39. The Labute approximate surface area is 175 Å². The number of carbonyl (C=O) groups is 2. The van der Waals surface area contributed by atoms with E-state index in [4.69, 9.17) is 0 Å². The van der Waals surface area contributed by atoms with E-state index in [1.54, 1.807) is 47.2 Å². The second-order valence-corrected chi connectivity index (χ2v) is 7.55. The van der Waals surface area contributed by atoms with Crippen molar-refractivity contribution in [3.8, 4) is 0 Å². The molecule has 0 saturated heterocycles. The van der Waals surface area contributed by atoms with E-state index in [1.165, 1.54) is 12.1 Å². The van der Waals surface area contributed by atoms with Gasteiger partial charge in [-0.15, -0.1) is 0 Å². The summed E-state index contributed by atoms with van der Waals surface area (Å²) < 4.78 is 13.7. The van der Waals surface area contributed by atoms with Gasteiger partial charge in [0.1, 0.15) is 5.82 Å². The summed E-state index contributed by atoms with van der Waals surface area (Å²) >= 11 is 0. The zero-order valence-corrected chi connectivity index (χ0v) is 17.0. The first kappa shape index (κ1) is 19.8. The molecule has 4 nitrogen and oxygen atoms in total. The summed E-state index contributed by atoms with van der Waals surface area (Å²) in [5.74, 6) is -0.643. The monoisotopic (exact) mass is 402 g/mol. The van der Waals surface area contributed by atoms with E-state index < -0.39 is 0 Å². The quantitative estimate of drug-likeness (QED) is 0.628. The number of benzene rings is 3. The smallest absolute Gasteiger partial charge is 0.258 e. The fourth-order valence-electron chi connectivity index (χ4n) is 3.98. The van der Waals surface area contributed by atoms with E-state index in [9.17, 15) is 14.0 Å². The highest BCUT2D eigenvalue weighted by molar-refractivity contribution is 6.07. The van der Waals surface area contributed by atoms with Crippen molar-refractivity contribution in [1.29, 1.82) is 0 Å². The molecule has 0 fully saturated rings. The first-order valence-electron chi connectivity index (χ1n) is 9.98. The normalized spacial score (nSPS) is 15.4. The van der Waals surface area contributed by atoms with E-state index >= 15 is 0 Å². The average molecular weight is 402 g/mol. The fraction of sp³-hybridized carbons (Fsp3) is 0.200. The van der Waals surface area contributed by atoms with E-state index in [1.807, 2.05) is 37.3 Å². The first-order valence-corrected chi connectivity index (χ1v) is 9.98. The van der Waals surface area contributed by atoms with E-state index in [-0.39, 0.29) is 23.7 Å². The number of carbonyl (C=O) groups excluding carboxylic acids is 2. The number of para-hydroxylation sites is 1. The molecule has 1 heterocycles. The maximum absolute atomic E-state index is 13.7. The van der Waals surface area contributed by atoms with E-state index in [0.29, 0.717) is 24.1 Å². The second kappa shape index (κ2) is 8.11. The van der Waals surface area contributed by atoms with Crippen LogP contribution >= 0.6 is 0 Å². The van der Waals surface area contributed by atoms with Crippen molar-refractivity contribution in [3.05, 3.63) is 101 Å². The molecule has 152 valence electrons. The summed E-state index contributed by atoms with van der Waals surface area (Å²) in [4.78, 5) is 29.5. The van der Waals surface area contributed by atoms with Gasteiger partial charge in [0.2, 0.25) is 0 Å². The van der Waals surface area contributed by atoms with Gasteiger partial charge in [0.15, 0.2) is 0 Å². The SMILES string of the molecule is CC1c2cc(F)ccc2CCN1C(=O)c1cccc(C(=O)N(C)c2ccccc2)c1. The van der Waals surface area contributed by atoms with Gasteiger partial charge in [-0.3, -0.25) is 9.59 Å². The summed E-state index contributed by atoms with van der Waals surface area (Å²) in [6.45, 7) is 2.47. The van der Waals surface area contributed by atoms with Crippen molar-refractivity contribution < 1.29 is 14.0 Å². The maximum atomic E-state index is 13.7. The Kier molecular flexibility index (Phi) is 5.36. The molecular formula is C25H23FN2O2. The van der Waals surface area contributed by atoms with Gasteiger partial charge in [-0.2, -0.15) is 0 Å². The molecule has 0 aromatic heterocycles. The molecule has 3 aromatic carbocycles. The van der Waals surface area contributed by atoms with Crippen molar-refractivity contribution in [2.45, 2.75) is 19.4 Å². The van der Waals surface area contributed by atoms with Gasteiger partial charge in [0.05, 0.1) is 6.04 Å². The molecular weight excluding hydrogens is 379 g/mol. The van der Waals surface area contributed by atoms with Gasteiger partial charge in [-0.1, -0.05) is 30.3 Å². The molecule has 1 aliphatic heterocycles. The number of hydrogen-bond acceptors (Lipinski definition) is 2. The maximum Gasteiger partial charge on any atom is 0.258 e. The number of rotatable bonds is 3. The summed E-state index contributed by atoms with van der Waals surface area (Å²) in [6, 6.07) is 20.7. The number of amides is 2. The molecule has 4 rings (SSSR count). The predicted molar refractivity (Wildman–Crippen MR) is 115 cm³/mol. The number of hydrogen-bond donors (Lipinski definition) is 0. The van der Waals surface area contributed by atoms with E-state index in [0.717, 1.165) is 16.8 Å². The summed E-state index contributed by atoms with van der Waals surface area (Å²) in [7, 11) is 1.71. The molecule has 0 aliphatic carbocycles. The summed E-state index contributed by atoms with van der Waals surface area (Å²) in [6.07, 6.45) is 0.682. The predicted octanol–water partition coefficient (Wildman–Crippen LogP) is 4.86. The van der Waals surface area contributed by atoms with E-state index in [2.05, 4.69) is 0 Å². The average Bonchev–Trinajstić information content (AvgIpc) is 2.79. The number of fused-ring (bicyclic) bond motifs is 1. The van der Waals surface area contributed by atoms with Crippen LogP contribution in [0, 0.1) is 5.82 Å². The number of anilines is 1. The third-order valence-electron chi connectivity index (χ3n) is 5.71. The molecule has 30 heavy (non-hydrogen) atoms. The minimum Gasteiger partial charge on any atom is -0.332 e. The van der Waals surface area contributed by atoms with Crippen LogP contribution in [0.1, 0.15) is 44.8 Å². The van der Waals surface area contributed by atoms with Crippen LogP contribution in [0.3, 0.4) is 0 Å². The molecule has 0 spiro atoms. The molecule has 2 amide bonds. The minimum atomic E-state index is -0.300. The van der Waals surface area contributed by atoms with Crippen LogP contribution in [0.2, 0.25) is 0 Å². The fourth-order valence-corrected chi connectivity index (χ4v) is 3.98. The van der Waals surface area contributed by atoms with Gasteiger partial charge < -0.3 is 9.80 Å². The van der Waals surface area contributed by atoms with Crippen LogP contribution in [0.4, 0.5) is 10.1 Å². The Morgan fingerprint density at radius 2 is 1.70 bits per heavy atom. The zero-order valence-electron chi connectivity index (χ0n) is 17.0. The summed E-state index contributed by atoms with van der Waals surface area (Å²) in [5, 5.41) is 0. The molecule has 1 aliphatic rings. The number of nitrogens with zero attached hydrogens (tertiary/aromatic N) is 2. The van der Waals surface area contributed by atoms with Crippen molar-refractivity contribution in [2.24, 2.45) is 0 Å². The topological polar surface area (TPSA) is 40.6 Å². The third kappa shape index (κ3) is 3.71. The van der Waals surface area contributed by atoms with Crippen LogP contribution in [0.15, 0.2) is 72.8 Å². The highest BCUT2D eigenvalue weighted by atomic mass is 19.1. The van der Waals surface area contributed by atoms with Crippen molar-refractivity contribution in [3.63, 3.8) is 0 Å². The van der Waals surface area contributed by atoms with Gasteiger partial charge in [0.25, 0.3) is 11.8 Å². The molecule has 1 unspecified atom stereocenters. The molecule has 0 radical (unpaired) electrons. The Balaban J connectivity index is 1.58. The van der Waals surface area contributed by atoms with Crippen molar-refractivity contribution in [2.75, 3.05) is 18.5 Å². The lowest BCUT2D eigenvalue weighted by Gasteiger charge is -2.35. The van der Waals surface area contributed by atoms with Crippen LogP contribution < -0.4 is 4.90 Å². The standard InChI is InChI=1S/C25H23FN2O2/c1-17-23-16-21(26)12-11-18(23)13-14-28(17)25(30)20-8-6-7-19(15-20)24(29)27(2)22-9-4-3-5-10-22/h3-12,15-17H,13-14H2,1-2H3. The van der Waals surface area contributed by atoms with Crippen molar-refractivity contribution in [1.82, 2.24) is 4.90 Å². The van der Waals surface area contributed by atoms with Gasteiger partial charge in [-0.05, 0) is 66.9 Å². The van der Waals surface area contributed by atoms with Gasteiger partial charge in [0, 0.05) is 30.4 Å². The van der Waals surface area contributed by atoms with Gasteiger partial charge in [-0.25, -0.2) is 4.39 Å². The lowest BCUT2D eigenvalue weighted by molar-refractivity contribution is 0.0677. The van der Waals surface area contributed by atoms with Crippen LogP contribution in [-0.2, 0) is 6.42 Å². The van der Waals surface area contributed by atoms with Crippen LogP contribution in [-0.4, -0.2) is 30.3 Å². The zero-order chi connectivity index (χ0) is 21.3. The molecule has 3 aromatic rings. The third-order valence-corrected chi connectivity index (χ3v) is 5.71. The molecule has 0 N–H and O–H groups in total. The van der Waals surface area contributed by atoms with Gasteiger partial charge >= 0.3 is 0 Å². The molecule has 5 heteroatoms. The molecule has 0 saturated carbocycles. The summed E-state index contributed by atoms with van der Waals surface area (Å²) in [5.41, 5.74) is 3.59. The van der Waals surface area contributed by atoms with Crippen LogP contribution in [0.25, 0.3) is 0 Å². The first-order chi connectivity index (χ1) is 14.5. The largest absolute Gasteiger partial charge is 0.332 e.